The lowest BCUT2D eigenvalue weighted by Gasteiger charge is -2.52. The quantitative estimate of drug-likeness (QED) is 0.547. The molecular weight excluding hydrogens is 505 g/mol. The Hall–Kier alpha value is -1.94. The van der Waals surface area contributed by atoms with Gasteiger partial charge in [-0.05, 0) is 99.8 Å². The topological polar surface area (TPSA) is 80.3 Å². The average Bonchev–Trinajstić information content (AvgIpc) is 3.58. The van der Waals surface area contributed by atoms with Gasteiger partial charge < -0.3 is 29.2 Å². The number of Topliss-reactive ketones (excluding diaryl/α,β-unsaturated/α-hetero) is 1. The number of fused-ring (bicyclic) bond motifs is 4. The van der Waals surface area contributed by atoms with Crippen LogP contribution in [0.1, 0.15) is 69.8 Å². The number of rotatable bonds is 6. The number of hydrogen-bond donors (Lipinski definition) is 1. The number of carbonyl (C=O) groups is 2. The summed E-state index contributed by atoms with van der Waals surface area (Å²) in [5.41, 5.74) is 2.36. The normalized spacial score (nSPS) is 34.9. The van der Waals surface area contributed by atoms with Crippen LogP contribution in [0.3, 0.4) is 0 Å². The van der Waals surface area contributed by atoms with Gasteiger partial charge in [-0.3, -0.25) is 4.79 Å². The number of piperidine rings is 1. The zero-order valence-corrected chi connectivity index (χ0v) is 23.7. The molecule has 1 amide bonds. The van der Waals surface area contributed by atoms with Crippen molar-refractivity contribution in [3.8, 4) is 0 Å². The molecule has 0 aromatic heterocycles. The second kappa shape index (κ2) is 11.4. The van der Waals surface area contributed by atoms with Gasteiger partial charge in [0.05, 0.1) is 12.7 Å². The van der Waals surface area contributed by atoms with E-state index in [0.29, 0.717) is 30.9 Å². The number of hydrogen-bond acceptors (Lipinski definition) is 7. The van der Waals surface area contributed by atoms with Crippen molar-refractivity contribution < 1.29 is 23.6 Å². The van der Waals surface area contributed by atoms with Crippen LogP contribution in [0.2, 0.25) is 0 Å². The van der Waals surface area contributed by atoms with E-state index in [1.807, 2.05) is 29.2 Å². The van der Waals surface area contributed by atoms with Crippen LogP contribution in [0.25, 0.3) is 0 Å². The highest BCUT2D eigenvalue weighted by molar-refractivity contribution is 6.61. The van der Waals surface area contributed by atoms with Gasteiger partial charge in [0, 0.05) is 38.0 Å². The smallest absolute Gasteiger partial charge is 0.449 e. The fourth-order valence-corrected chi connectivity index (χ4v) is 8.34. The Morgan fingerprint density at radius 1 is 1.05 bits per heavy atom. The van der Waals surface area contributed by atoms with Crippen molar-refractivity contribution in [2.75, 3.05) is 39.3 Å². The summed E-state index contributed by atoms with van der Waals surface area (Å²) in [6.45, 7) is 5.76. The van der Waals surface area contributed by atoms with Gasteiger partial charge >= 0.3 is 13.2 Å². The zero-order valence-electron chi connectivity index (χ0n) is 23.7. The maximum absolute atomic E-state index is 12.8. The number of carbonyl (C=O) groups excluding carboxylic acids is 2. The first kappa shape index (κ1) is 26.9. The molecule has 8 nitrogen and oxygen atoms in total. The highest BCUT2D eigenvalue weighted by Gasteiger charge is 2.51. The summed E-state index contributed by atoms with van der Waals surface area (Å²) >= 11 is 0. The second-order valence-electron chi connectivity index (χ2n) is 13.4. The summed E-state index contributed by atoms with van der Waals surface area (Å²) in [5, 5.41) is 3.71. The fraction of sp³-hybridized carbons (Fsp3) is 0.742. The predicted molar refractivity (Wildman–Crippen MR) is 152 cm³/mol. The maximum atomic E-state index is 12.8. The van der Waals surface area contributed by atoms with Gasteiger partial charge in [0.2, 0.25) is 0 Å². The van der Waals surface area contributed by atoms with Gasteiger partial charge in [0.15, 0.2) is 5.78 Å². The lowest BCUT2D eigenvalue weighted by Crippen LogP contribution is -2.55. The van der Waals surface area contributed by atoms with Gasteiger partial charge in [-0.15, -0.1) is 0 Å². The molecule has 1 spiro atoms. The summed E-state index contributed by atoms with van der Waals surface area (Å²) < 4.78 is 17.7. The Kier molecular flexibility index (Phi) is 7.67. The Bertz CT molecular complexity index is 1070. The molecule has 2 aliphatic carbocycles. The van der Waals surface area contributed by atoms with E-state index in [1.165, 1.54) is 58.2 Å². The number of amides is 1. The van der Waals surface area contributed by atoms with Gasteiger partial charge in [-0.1, -0.05) is 24.3 Å². The van der Waals surface area contributed by atoms with Crippen molar-refractivity contribution in [1.82, 2.24) is 15.1 Å². The molecule has 1 aromatic carbocycles. The lowest BCUT2D eigenvalue weighted by molar-refractivity contribution is -0.128. The molecule has 1 aromatic rings. The Labute approximate surface area is 238 Å². The molecule has 2 saturated carbocycles. The van der Waals surface area contributed by atoms with E-state index < -0.39 is 7.12 Å². The number of nitrogens with one attached hydrogen (secondary N) is 1. The van der Waals surface area contributed by atoms with Crippen molar-refractivity contribution >= 4 is 24.5 Å². The fourth-order valence-electron chi connectivity index (χ4n) is 8.34. The highest BCUT2D eigenvalue weighted by Crippen LogP contribution is 2.50. The minimum Gasteiger partial charge on any atom is -0.449 e. The number of nitrogens with zero attached hydrogens (tertiary/aromatic N) is 2. The summed E-state index contributed by atoms with van der Waals surface area (Å²) in [7, 11) is -0.481. The van der Waals surface area contributed by atoms with E-state index in [-0.39, 0.29) is 24.1 Å². The lowest BCUT2D eigenvalue weighted by atomic mass is 9.64. The van der Waals surface area contributed by atoms with Gasteiger partial charge in [-0.25, -0.2) is 4.79 Å². The SMILES string of the molecule is O=C1C[C@@H]2CCC1OB(c1ccc(CCOC(=O)N3CCC4(CC(N5CCC([C@@H]6CCCN6)CC5)C4)C3)cc1)O2. The summed E-state index contributed by atoms with van der Waals surface area (Å²) in [6, 6.07) is 9.56. The van der Waals surface area contributed by atoms with Crippen molar-refractivity contribution in [3.05, 3.63) is 29.8 Å². The van der Waals surface area contributed by atoms with Crippen LogP contribution in [0.5, 0.6) is 0 Å². The number of ketones is 1. The first-order valence-corrected chi connectivity index (χ1v) is 15.9. The molecule has 216 valence electrons. The third-order valence-electron chi connectivity index (χ3n) is 10.8. The van der Waals surface area contributed by atoms with E-state index >= 15 is 0 Å². The van der Waals surface area contributed by atoms with Crippen LogP contribution in [0.4, 0.5) is 4.79 Å². The van der Waals surface area contributed by atoms with E-state index in [4.69, 9.17) is 14.0 Å². The first-order valence-electron chi connectivity index (χ1n) is 15.9. The van der Waals surface area contributed by atoms with E-state index in [0.717, 1.165) is 55.3 Å². The number of benzene rings is 1. The van der Waals surface area contributed by atoms with Crippen LogP contribution in [0, 0.1) is 11.3 Å². The molecule has 3 atom stereocenters. The standard InChI is InChI=1S/C31H44BN3O5/c36-28-18-26-7-8-29(28)40-32(39-26)24-5-3-22(4-6-24)11-17-38-30(37)35-16-12-31(21-35)19-25(20-31)34-14-9-23(10-15-34)27-2-1-13-33-27/h3-6,23,25-27,29,33H,1-2,7-21H2/t25?,26-,27-,29?,31?/m0/s1. The van der Waals surface area contributed by atoms with Crippen molar-refractivity contribution in [2.45, 2.75) is 94.9 Å². The molecule has 7 fully saturated rings. The van der Waals surface area contributed by atoms with E-state index in [2.05, 4.69) is 10.2 Å². The van der Waals surface area contributed by atoms with Crippen LogP contribution < -0.4 is 10.8 Å². The molecule has 1 N–H and O–H groups in total. The molecule has 5 saturated heterocycles. The van der Waals surface area contributed by atoms with Gasteiger partial charge in [0.1, 0.15) is 6.10 Å². The third kappa shape index (κ3) is 5.59. The minimum atomic E-state index is -0.481. The Balaban J connectivity index is 0.821. The molecule has 7 aliphatic rings. The summed E-state index contributed by atoms with van der Waals surface area (Å²) in [4.78, 5) is 29.6. The molecule has 9 heteroatoms. The molecule has 5 aliphatic heterocycles. The Morgan fingerprint density at radius 2 is 1.88 bits per heavy atom. The second-order valence-corrected chi connectivity index (χ2v) is 13.4. The number of likely N-dealkylation sites (tertiary alicyclic amines) is 2. The first-order chi connectivity index (χ1) is 19.5. The molecule has 40 heavy (non-hydrogen) atoms. The zero-order chi connectivity index (χ0) is 27.1. The molecule has 1 unspecified atom stereocenters. The van der Waals surface area contributed by atoms with Gasteiger partial charge in [-0.2, -0.15) is 0 Å². The summed E-state index contributed by atoms with van der Waals surface area (Å²) in [5.74, 6) is 1.03. The number of ether oxygens (including phenoxy) is 1. The van der Waals surface area contributed by atoms with E-state index in [9.17, 15) is 9.59 Å². The van der Waals surface area contributed by atoms with Crippen LogP contribution in [-0.2, 0) is 25.3 Å². The van der Waals surface area contributed by atoms with Crippen LogP contribution in [0.15, 0.2) is 24.3 Å². The Morgan fingerprint density at radius 3 is 2.62 bits per heavy atom. The third-order valence-corrected chi connectivity index (χ3v) is 10.8. The van der Waals surface area contributed by atoms with E-state index in [1.54, 1.807) is 0 Å². The van der Waals surface area contributed by atoms with Gasteiger partial charge in [0.25, 0.3) is 0 Å². The van der Waals surface area contributed by atoms with Crippen molar-refractivity contribution in [2.24, 2.45) is 11.3 Å². The summed E-state index contributed by atoms with van der Waals surface area (Å²) in [6.07, 6.45) is 11.2. The average molecular weight is 550 g/mol. The maximum Gasteiger partial charge on any atom is 0.494 e. The predicted octanol–water partition coefficient (Wildman–Crippen LogP) is 2.92. The largest absolute Gasteiger partial charge is 0.494 e. The molecule has 8 rings (SSSR count). The monoisotopic (exact) mass is 549 g/mol. The van der Waals surface area contributed by atoms with Crippen molar-refractivity contribution in [3.63, 3.8) is 0 Å². The highest BCUT2D eigenvalue weighted by atomic mass is 16.6. The molecule has 5 heterocycles. The molecule has 0 radical (unpaired) electrons. The van der Waals surface area contributed by atoms with Crippen molar-refractivity contribution in [1.29, 1.82) is 0 Å². The molecule has 2 bridgehead atoms. The van der Waals surface area contributed by atoms with Crippen LogP contribution in [-0.4, -0.2) is 92.4 Å². The molecular formula is C31H44BN3O5. The minimum absolute atomic E-state index is 0.0394. The van der Waals surface area contributed by atoms with Crippen LogP contribution >= 0.6 is 0 Å².